The molecule has 0 radical (unpaired) electrons. The predicted octanol–water partition coefficient (Wildman–Crippen LogP) is 5.38. The zero-order chi connectivity index (χ0) is 16.9. The van der Waals surface area contributed by atoms with Crippen molar-refractivity contribution in [1.82, 2.24) is 4.98 Å². The summed E-state index contributed by atoms with van der Waals surface area (Å²) in [6.07, 6.45) is 1.54. The summed E-state index contributed by atoms with van der Waals surface area (Å²) in [6, 6.07) is 18.0. The van der Waals surface area contributed by atoms with Crippen LogP contribution in [0.2, 0.25) is 10.2 Å². The average Bonchev–Trinajstić information content (AvgIpc) is 2.59. The summed E-state index contributed by atoms with van der Waals surface area (Å²) < 4.78 is 0. The number of para-hydroxylation sites is 2. The van der Waals surface area contributed by atoms with E-state index in [1.807, 2.05) is 30.3 Å². The Labute approximate surface area is 149 Å². The number of aromatic nitrogens is 1. The first-order chi connectivity index (χ1) is 11.6. The van der Waals surface area contributed by atoms with Gasteiger partial charge in [0.2, 0.25) is 0 Å². The predicted molar refractivity (Wildman–Crippen MR) is 98.4 cm³/mol. The lowest BCUT2D eigenvalue weighted by atomic mass is 10.2. The summed E-state index contributed by atoms with van der Waals surface area (Å²) in [6.45, 7) is 0. The highest BCUT2D eigenvalue weighted by Crippen LogP contribution is 2.27. The molecule has 4 nitrogen and oxygen atoms in total. The zero-order valence-electron chi connectivity index (χ0n) is 12.5. The van der Waals surface area contributed by atoms with E-state index in [1.165, 1.54) is 6.20 Å². The van der Waals surface area contributed by atoms with E-state index in [1.54, 1.807) is 30.3 Å². The molecule has 0 aliphatic rings. The molecule has 2 N–H and O–H groups in total. The molecule has 1 amide bonds. The smallest absolute Gasteiger partial charge is 0.258 e. The first kappa shape index (κ1) is 16.3. The molecular formula is C18H13Cl2N3O. The fourth-order valence-electron chi connectivity index (χ4n) is 2.13. The molecule has 1 aromatic heterocycles. The van der Waals surface area contributed by atoms with Crippen LogP contribution in [-0.2, 0) is 0 Å². The molecule has 1 heterocycles. The molecule has 0 aliphatic heterocycles. The van der Waals surface area contributed by atoms with Crippen LogP contribution in [0.3, 0.4) is 0 Å². The first-order valence-corrected chi connectivity index (χ1v) is 7.92. The first-order valence-electron chi connectivity index (χ1n) is 7.17. The van der Waals surface area contributed by atoms with E-state index >= 15 is 0 Å². The SMILES string of the molecule is O=C(Nc1ccccc1Nc1ccc(Cl)cc1)c1cccnc1Cl. The lowest BCUT2D eigenvalue weighted by Gasteiger charge is -2.13. The van der Waals surface area contributed by atoms with Gasteiger partial charge in [-0.3, -0.25) is 4.79 Å². The van der Waals surface area contributed by atoms with Crippen LogP contribution in [0.4, 0.5) is 17.1 Å². The number of halogens is 2. The second kappa shape index (κ2) is 7.34. The minimum atomic E-state index is -0.321. The molecule has 6 heteroatoms. The molecule has 0 atom stereocenters. The Morgan fingerprint density at radius 1 is 0.875 bits per heavy atom. The van der Waals surface area contributed by atoms with Gasteiger partial charge in [-0.1, -0.05) is 35.3 Å². The van der Waals surface area contributed by atoms with Gasteiger partial charge in [0.25, 0.3) is 5.91 Å². The Bertz CT molecular complexity index is 866. The van der Waals surface area contributed by atoms with Gasteiger partial charge >= 0.3 is 0 Å². The minimum absolute atomic E-state index is 0.165. The van der Waals surface area contributed by atoms with Gasteiger partial charge < -0.3 is 10.6 Å². The molecule has 24 heavy (non-hydrogen) atoms. The largest absolute Gasteiger partial charge is 0.354 e. The van der Waals surface area contributed by atoms with E-state index in [0.29, 0.717) is 16.3 Å². The average molecular weight is 358 g/mol. The highest BCUT2D eigenvalue weighted by molar-refractivity contribution is 6.33. The van der Waals surface area contributed by atoms with Gasteiger partial charge in [-0.05, 0) is 48.5 Å². The van der Waals surface area contributed by atoms with Gasteiger partial charge in [0.15, 0.2) is 0 Å². The topological polar surface area (TPSA) is 54.0 Å². The van der Waals surface area contributed by atoms with E-state index in [9.17, 15) is 4.79 Å². The molecule has 0 saturated heterocycles. The number of anilines is 3. The highest BCUT2D eigenvalue weighted by atomic mass is 35.5. The summed E-state index contributed by atoms with van der Waals surface area (Å²) >= 11 is 11.9. The van der Waals surface area contributed by atoms with Crippen LogP contribution < -0.4 is 10.6 Å². The van der Waals surface area contributed by atoms with Crippen LogP contribution in [0.5, 0.6) is 0 Å². The van der Waals surface area contributed by atoms with Crippen LogP contribution in [0.15, 0.2) is 66.9 Å². The van der Waals surface area contributed by atoms with Crippen molar-refractivity contribution in [2.24, 2.45) is 0 Å². The second-order valence-corrected chi connectivity index (χ2v) is 5.77. The van der Waals surface area contributed by atoms with Crippen molar-refractivity contribution in [1.29, 1.82) is 0 Å². The number of rotatable bonds is 4. The van der Waals surface area contributed by atoms with Crippen molar-refractivity contribution in [2.75, 3.05) is 10.6 Å². The van der Waals surface area contributed by atoms with Gasteiger partial charge in [0.1, 0.15) is 5.15 Å². The quantitative estimate of drug-likeness (QED) is 0.616. The van der Waals surface area contributed by atoms with Crippen molar-refractivity contribution in [3.63, 3.8) is 0 Å². The van der Waals surface area contributed by atoms with E-state index in [4.69, 9.17) is 23.2 Å². The summed E-state index contributed by atoms with van der Waals surface area (Å²) in [7, 11) is 0. The number of hydrogen-bond donors (Lipinski definition) is 2. The molecule has 0 aliphatic carbocycles. The Kier molecular flexibility index (Phi) is 4.99. The van der Waals surface area contributed by atoms with Crippen molar-refractivity contribution in [3.05, 3.63) is 82.6 Å². The van der Waals surface area contributed by atoms with Crippen molar-refractivity contribution in [2.45, 2.75) is 0 Å². The van der Waals surface area contributed by atoms with Crippen LogP contribution >= 0.6 is 23.2 Å². The molecule has 3 rings (SSSR count). The van der Waals surface area contributed by atoms with Crippen molar-refractivity contribution in [3.8, 4) is 0 Å². The maximum Gasteiger partial charge on any atom is 0.258 e. The molecule has 0 bridgehead atoms. The summed E-state index contributed by atoms with van der Waals surface area (Å²) in [5.74, 6) is -0.321. The summed E-state index contributed by atoms with van der Waals surface area (Å²) in [4.78, 5) is 16.3. The maximum atomic E-state index is 12.4. The van der Waals surface area contributed by atoms with Crippen LogP contribution in [0, 0.1) is 0 Å². The lowest BCUT2D eigenvalue weighted by molar-refractivity contribution is 0.102. The maximum absolute atomic E-state index is 12.4. The second-order valence-electron chi connectivity index (χ2n) is 4.97. The zero-order valence-corrected chi connectivity index (χ0v) is 14.0. The van der Waals surface area contributed by atoms with Gasteiger partial charge in [-0.25, -0.2) is 4.98 Å². The molecule has 0 fully saturated rings. The highest BCUT2D eigenvalue weighted by Gasteiger charge is 2.12. The number of hydrogen-bond acceptors (Lipinski definition) is 3. The van der Waals surface area contributed by atoms with Crippen LogP contribution in [0.25, 0.3) is 0 Å². The Hall–Kier alpha value is -2.56. The van der Waals surface area contributed by atoms with Gasteiger partial charge in [-0.2, -0.15) is 0 Å². The molecule has 0 unspecified atom stereocenters. The van der Waals surface area contributed by atoms with Gasteiger partial charge in [-0.15, -0.1) is 0 Å². The Balaban J connectivity index is 1.83. The number of amides is 1. The Morgan fingerprint density at radius 3 is 2.29 bits per heavy atom. The Morgan fingerprint density at radius 2 is 1.58 bits per heavy atom. The van der Waals surface area contributed by atoms with E-state index < -0.39 is 0 Å². The number of nitrogens with one attached hydrogen (secondary N) is 2. The fourth-order valence-corrected chi connectivity index (χ4v) is 2.47. The van der Waals surface area contributed by atoms with E-state index in [2.05, 4.69) is 15.6 Å². The normalized spacial score (nSPS) is 10.2. The number of carbonyl (C=O) groups is 1. The number of nitrogens with zero attached hydrogens (tertiary/aromatic N) is 1. The number of pyridine rings is 1. The van der Waals surface area contributed by atoms with E-state index in [0.717, 1.165) is 11.4 Å². The van der Waals surface area contributed by atoms with Crippen molar-refractivity contribution < 1.29 is 4.79 Å². The third kappa shape index (κ3) is 3.85. The fraction of sp³-hybridized carbons (Fsp3) is 0. The molecule has 120 valence electrons. The molecule has 0 saturated carbocycles. The van der Waals surface area contributed by atoms with Gasteiger partial charge in [0, 0.05) is 16.9 Å². The summed E-state index contributed by atoms with van der Waals surface area (Å²) in [5, 5.41) is 6.92. The van der Waals surface area contributed by atoms with Crippen molar-refractivity contribution >= 4 is 46.2 Å². The molecule has 0 spiro atoms. The minimum Gasteiger partial charge on any atom is -0.354 e. The third-order valence-corrected chi connectivity index (χ3v) is 3.86. The van der Waals surface area contributed by atoms with Crippen LogP contribution in [0.1, 0.15) is 10.4 Å². The molecule has 3 aromatic rings. The van der Waals surface area contributed by atoms with Crippen LogP contribution in [-0.4, -0.2) is 10.9 Å². The monoisotopic (exact) mass is 357 g/mol. The van der Waals surface area contributed by atoms with Gasteiger partial charge in [0.05, 0.1) is 16.9 Å². The van der Waals surface area contributed by atoms with E-state index in [-0.39, 0.29) is 11.1 Å². The number of carbonyl (C=O) groups excluding carboxylic acids is 1. The summed E-state index contributed by atoms with van der Waals surface area (Å²) in [5.41, 5.74) is 2.58. The third-order valence-electron chi connectivity index (χ3n) is 3.30. The number of benzene rings is 2. The lowest BCUT2D eigenvalue weighted by Crippen LogP contribution is -2.14. The molecule has 2 aromatic carbocycles. The molecular weight excluding hydrogens is 345 g/mol. The standard InChI is InChI=1S/C18H13Cl2N3O/c19-12-7-9-13(10-8-12)22-15-5-1-2-6-16(15)23-18(24)14-4-3-11-21-17(14)20/h1-11,22H,(H,23,24).